The van der Waals surface area contributed by atoms with Crippen LogP contribution in [0.1, 0.15) is 31.2 Å². The summed E-state index contributed by atoms with van der Waals surface area (Å²) in [6.45, 7) is 1.02. The molecule has 0 spiro atoms. The van der Waals surface area contributed by atoms with Crippen LogP contribution < -0.4 is 10.3 Å². The number of halogens is 1. The summed E-state index contributed by atoms with van der Waals surface area (Å²) in [6.07, 6.45) is 6.44. The van der Waals surface area contributed by atoms with Crippen LogP contribution in [0.25, 0.3) is 26.3 Å². The SMILES string of the molecule is O=c1c2sc(-c3ccc(Cl)cc3)cc2ncn1-c1ccc(OC2C[C@H]3CC[C@@H](C2)N3Cc2ccccc2)cc1. The molecule has 0 aliphatic carbocycles. The summed E-state index contributed by atoms with van der Waals surface area (Å²) < 4.78 is 8.70. The second-order valence-corrected chi connectivity index (χ2v) is 12.0. The predicted octanol–water partition coefficient (Wildman–Crippen LogP) is 7.34. The highest BCUT2D eigenvalue weighted by Crippen LogP contribution is 2.38. The lowest BCUT2D eigenvalue weighted by molar-refractivity contribution is 0.0445. The van der Waals surface area contributed by atoms with E-state index in [0.717, 1.165) is 41.3 Å². The fourth-order valence-corrected chi connectivity index (χ4v) is 7.28. The molecule has 0 saturated carbocycles. The second-order valence-electron chi connectivity index (χ2n) is 10.5. The van der Waals surface area contributed by atoms with Crippen molar-refractivity contribution >= 4 is 33.2 Å². The van der Waals surface area contributed by atoms with Gasteiger partial charge < -0.3 is 4.74 Å². The first kappa shape index (κ1) is 24.6. The number of benzene rings is 3. The van der Waals surface area contributed by atoms with Crippen molar-refractivity contribution in [3.05, 3.63) is 112 Å². The Morgan fingerprint density at radius 2 is 1.64 bits per heavy atom. The number of hydrogen-bond acceptors (Lipinski definition) is 5. The second kappa shape index (κ2) is 10.3. The van der Waals surface area contributed by atoms with E-state index in [-0.39, 0.29) is 11.7 Å². The van der Waals surface area contributed by atoms with Crippen molar-refractivity contribution in [1.82, 2.24) is 14.5 Å². The predicted molar refractivity (Wildman–Crippen MR) is 158 cm³/mol. The van der Waals surface area contributed by atoms with Crippen LogP contribution in [0.4, 0.5) is 0 Å². The lowest BCUT2D eigenvalue weighted by atomic mass is 9.98. The third kappa shape index (κ3) is 4.89. The van der Waals surface area contributed by atoms with E-state index in [0.29, 0.717) is 27.3 Å². The molecule has 3 aromatic carbocycles. The lowest BCUT2D eigenvalue weighted by Gasteiger charge is -2.39. The normalized spacial score (nSPS) is 20.9. The third-order valence-corrected chi connectivity index (χ3v) is 9.45. The molecule has 0 amide bonds. The number of ether oxygens (including phenoxy) is 1. The largest absolute Gasteiger partial charge is 0.490 e. The molecule has 2 fully saturated rings. The molecule has 7 rings (SSSR count). The van der Waals surface area contributed by atoms with Crippen molar-refractivity contribution in [2.75, 3.05) is 0 Å². The van der Waals surface area contributed by atoms with Gasteiger partial charge in [0.15, 0.2) is 0 Å². The maximum absolute atomic E-state index is 13.3. The van der Waals surface area contributed by atoms with Crippen LogP contribution in [-0.4, -0.2) is 32.6 Å². The molecule has 4 heterocycles. The average molecular weight is 554 g/mol. The zero-order valence-electron chi connectivity index (χ0n) is 21.4. The Bertz CT molecular complexity index is 1650. The summed E-state index contributed by atoms with van der Waals surface area (Å²) in [6, 6.07) is 29.3. The monoisotopic (exact) mass is 553 g/mol. The molecule has 1 unspecified atom stereocenters. The number of aromatic nitrogens is 2. The van der Waals surface area contributed by atoms with Gasteiger partial charge in [0.25, 0.3) is 5.56 Å². The maximum Gasteiger partial charge on any atom is 0.275 e. The number of fused-ring (bicyclic) bond motifs is 3. The van der Waals surface area contributed by atoms with Gasteiger partial charge in [-0.05, 0) is 79.3 Å². The zero-order valence-corrected chi connectivity index (χ0v) is 22.9. The van der Waals surface area contributed by atoms with Gasteiger partial charge in [0, 0.05) is 28.5 Å². The molecule has 2 aliphatic rings. The molecule has 0 radical (unpaired) electrons. The first-order chi connectivity index (χ1) is 19.1. The first-order valence-corrected chi connectivity index (χ1v) is 14.6. The van der Waals surface area contributed by atoms with Crippen molar-refractivity contribution in [1.29, 1.82) is 0 Å². The van der Waals surface area contributed by atoms with Crippen LogP contribution in [0.5, 0.6) is 5.75 Å². The van der Waals surface area contributed by atoms with Gasteiger partial charge in [-0.2, -0.15) is 0 Å². The molecule has 2 bridgehead atoms. The molecule has 2 aromatic heterocycles. The number of rotatable bonds is 6. The van der Waals surface area contributed by atoms with Crippen LogP contribution in [0, 0.1) is 0 Å². The smallest absolute Gasteiger partial charge is 0.275 e. The van der Waals surface area contributed by atoms with E-state index in [1.54, 1.807) is 10.9 Å². The minimum atomic E-state index is -0.0683. The van der Waals surface area contributed by atoms with Crippen molar-refractivity contribution in [3.63, 3.8) is 0 Å². The molecular weight excluding hydrogens is 526 g/mol. The van der Waals surface area contributed by atoms with E-state index in [1.165, 1.54) is 29.7 Å². The lowest BCUT2D eigenvalue weighted by Crippen LogP contribution is -2.45. The highest BCUT2D eigenvalue weighted by atomic mass is 35.5. The van der Waals surface area contributed by atoms with Gasteiger partial charge in [0.1, 0.15) is 22.9 Å². The van der Waals surface area contributed by atoms with E-state index in [4.69, 9.17) is 16.3 Å². The molecule has 2 saturated heterocycles. The van der Waals surface area contributed by atoms with E-state index < -0.39 is 0 Å². The summed E-state index contributed by atoms with van der Waals surface area (Å²) >= 11 is 7.49. The van der Waals surface area contributed by atoms with Crippen LogP contribution >= 0.6 is 22.9 Å². The van der Waals surface area contributed by atoms with E-state index in [1.807, 2.05) is 54.6 Å². The molecule has 5 aromatic rings. The number of nitrogens with zero attached hydrogens (tertiary/aromatic N) is 3. The van der Waals surface area contributed by atoms with Gasteiger partial charge in [0.05, 0.1) is 11.2 Å². The maximum atomic E-state index is 13.3. The number of piperidine rings is 1. The van der Waals surface area contributed by atoms with E-state index >= 15 is 0 Å². The van der Waals surface area contributed by atoms with Gasteiger partial charge >= 0.3 is 0 Å². The molecular formula is C32H28ClN3O2S. The number of hydrogen-bond donors (Lipinski definition) is 0. The van der Waals surface area contributed by atoms with Crippen molar-refractivity contribution in [2.45, 2.75) is 50.4 Å². The highest BCUT2D eigenvalue weighted by molar-refractivity contribution is 7.22. The van der Waals surface area contributed by atoms with Gasteiger partial charge in [-0.3, -0.25) is 14.3 Å². The van der Waals surface area contributed by atoms with Crippen LogP contribution in [0.15, 0.2) is 96.1 Å². The van der Waals surface area contributed by atoms with E-state index in [2.05, 4.69) is 40.2 Å². The van der Waals surface area contributed by atoms with Crippen LogP contribution in [0.2, 0.25) is 5.02 Å². The number of thiophene rings is 1. The minimum absolute atomic E-state index is 0.0683. The van der Waals surface area contributed by atoms with Gasteiger partial charge in [0.2, 0.25) is 0 Å². The Labute approximate surface area is 236 Å². The highest BCUT2D eigenvalue weighted by Gasteiger charge is 2.41. The zero-order chi connectivity index (χ0) is 26.3. The molecule has 0 N–H and O–H groups in total. The molecule has 2 aliphatic heterocycles. The summed E-state index contributed by atoms with van der Waals surface area (Å²) in [4.78, 5) is 21.6. The summed E-state index contributed by atoms with van der Waals surface area (Å²) in [5, 5.41) is 0.689. The summed E-state index contributed by atoms with van der Waals surface area (Å²) in [5.41, 5.74) is 3.83. The Morgan fingerprint density at radius 3 is 2.36 bits per heavy atom. The van der Waals surface area contributed by atoms with Crippen LogP contribution in [0.3, 0.4) is 0 Å². The standard InChI is InChI=1S/C32H28ClN3O2S/c33-23-8-6-22(7-9-23)30-18-29-31(39-30)32(37)36(20-34-29)24-12-14-27(15-13-24)38-28-16-25-10-11-26(17-28)35(25)19-21-4-2-1-3-5-21/h1-9,12-15,18,20,25-26,28H,10-11,16-17,19H2/t25-,26+,28?. The van der Waals surface area contributed by atoms with Crippen LogP contribution in [-0.2, 0) is 6.54 Å². The minimum Gasteiger partial charge on any atom is -0.490 e. The fraction of sp³-hybridized carbons (Fsp3) is 0.250. The quantitative estimate of drug-likeness (QED) is 0.221. The summed E-state index contributed by atoms with van der Waals surface area (Å²) in [7, 11) is 0. The molecule has 7 heteroatoms. The fourth-order valence-electron chi connectivity index (χ4n) is 6.10. The molecule has 3 atom stereocenters. The van der Waals surface area contributed by atoms with Crippen molar-refractivity contribution < 1.29 is 4.74 Å². The average Bonchev–Trinajstić information content (AvgIpc) is 3.49. The van der Waals surface area contributed by atoms with Gasteiger partial charge in [-0.1, -0.05) is 54.1 Å². The topological polar surface area (TPSA) is 47.4 Å². The third-order valence-electron chi connectivity index (χ3n) is 8.03. The molecule has 5 nitrogen and oxygen atoms in total. The summed E-state index contributed by atoms with van der Waals surface area (Å²) in [5.74, 6) is 0.850. The van der Waals surface area contributed by atoms with E-state index in [9.17, 15) is 4.79 Å². The van der Waals surface area contributed by atoms with Gasteiger partial charge in [-0.25, -0.2) is 4.98 Å². The van der Waals surface area contributed by atoms with Crippen molar-refractivity contribution in [3.8, 4) is 21.9 Å². The Morgan fingerprint density at radius 1 is 0.923 bits per heavy atom. The first-order valence-electron chi connectivity index (χ1n) is 13.4. The van der Waals surface area contributed by atoms with Gasteiger partial charge in [-0.15, -0.1) is 11.3 Å². The Kier molecular flexibility index (Phi) is 6.47. The molecule has 39 heavy (non-hydrogen) atoms. The molecule has 196 valence electrons. The Hall–Kier alpha value is -3.45. The Balaban J connectivity index is 1.05. The van der Waals surface area contributed by atoms with Crippen molar-refractivity contribution in [2.24, 2.45) is 0 Å².